The molecule has 1 unspecified atom stereocenters. The van der Waals surface area contributed by atoms with Gasteiger partial charge in [0.25, 0.3) is 0 Å². The number of benzene rings is 1. The van der Waals surface area contributed by atoms with E-state index in [2.05, 4.69) is 38.6 Å². The first-order valence-electron chi connectivity index (χ1n) is 8.00. The highest BCUT2D eigenvalue weighted by Gasteiger charge is 2.13. The third kappa shape index (κ3) is 4.71. The molecule has 2 aromatic rings. The number of rotatable bonds is 6. The van der Waals surface area contributed by atoms with Crippen molar-refractivity contribution in [3.63, 3.8) is 0 Å². The van der Waals surface area contributed by atoms with Crippen molar-refractivity contribution in [2.45, 2.75) is 26.3 Å². The standard InChI is InChI=1S/C18H26N4OS/c1-13(16-8-6-7-9-17(16)23-5)10-20-18(19-3)22(4)11-15-12-24-14(2)21-15/h6-9,12-13H,10-11H2,1-5H3,(H,19,20). The number of hydrogen-bond donors (Lipinski definition) is 1. The zero-order valence-corrected chi connectivity index (χ0v) is 15.9. The number of nitrogens with zero attached hydrogens (tertiary/aromatic N) is 3. The van der Waals surface area contributed by atoms with E-state index in [1.165, 1.54) is 5.56 Å². The van der Waals surface area contributed by atoms with Crippen LogP contribution < -0.4 is 10.1 Å². The van der Waals surface area contributed by atoms with Gasteiger partial charge in [0.15, 0.2) is 5.96 Å². The Kier molecular flexibility index (Phi) is 6.61. The molecule has 6 heteroatoms. The molecule has 0 aliphatic carbocycles. The van der Waals surface area contributed by atoms with Crippen LogP contribution in [0.1, 0.15) is 29.1 Å². The van der Waals surface area contributed by atoms with Crippen LogP contribution in [0.5, 0.6) is 5.75 Å². The molecule has 0 aliphatic heterocycles. The molecule has 1 aromatic heterocycles. The summed E-state index contributed by atoms with van der Waals surface area (Å²) in [5.41, 5.74) is 2.27. The minimum absolute atomic E-state index is 0.313. The summed E-state index contributed by atoms with van der Waals surface area (Å²) < 4.78 is 5.45. The molecule has 0 radical (unpaired) electrons. The Morgan fingerprint density at radius 1 is 1.42 bits per heavy atom. The smallest absolute Gasteiger partial charge is 0.193 e. The molecule has 1 heterocycles. The number of methoxy groups -OCH3 is 1. The second-order valence-electron chi connectivity index (χ2n) is 5.79. The summed E-state index contributed by atoms with van der Waals surface area (Å²) >= 11 is 1.67. The normalized spacial score (nSPS) is 12.8. The van der Waals surface area contributed by atoms with Crippen LogP contribution in [0, 0.1) is 6.92 Å². The molecule has 0 amide bonds. The zero-order chi connectivity index (χ0) is 17.5. The van der Waals surface area contributed by atoms with E-state index in [0.29, 0.717) is 5.92 Å². The van der Waals surface area contributed by atoms with Gasteiger partial charge in [-0.25, -0.2) is 4.98 Å². The number of para-hydroxylation sites is 1. The van der Waals surface area contributed by atoms with Gasteiger partial charge in [0.2, 0.25) is 0 Å². The number of guanidine groups is 1. The van der Waals surface area contributed by atoms with Crippen molar-refractivity contribution in [3.05, 3.63) is 45.9 Å². The molecule has 130 valence electrons. The number of thiazole rings is 1. The average Bonchev–Trinajstić information content (AvgIpc) is 2.99. The molecule has 24 heavy (non-hydrogen) atoms. The van der Waals surface area contributed by atoms with E-state index in [1.807, 2.05) is 32.2 Å². The lowest BCUT2D eigenvalue weighted by Crippen LogP contribution is -2.40. The maximum Gasteiger partial charge on any atom is 0.193 e. The largest absolute Gasteiger partial charge is 0.496 e. The van der Waals surface area contributed by atoms with Crippen molar-refractivity contribution in [2.24, 2.45) is 4.99 Å². The number of aryl methyl sites for hydroxylation is 1. The Labute approximate surface area is 148 Å². The maximum atomic E-state index is 5.45. The number of ether oxygens (including phenoxy) is 1. The number of aliphatic imine (C=N–C) groups is 1. The molecule has 1 N–H and O–H groups in total. The van der Waals surface area contributed by atoms with Crippen molar-refractivity contribution >= 4 is 17.3 Å². The van der Waals surface area contributed by atoms with Crippen LogP contribution in [0.25, 0.3) is 0 Å². The van der Waals surface area contributed by atoms with Gasteiger partial charge in [-0.05, 0) is 18.6 Å². The SMILES string of the molecule is CN=C(NCC(C)c1ccccc1OC)N(C)Cc1csc(C)n1. The maximum absolute atomic E-state index is 5.45. The highest BCUT2D eigenvalue weighted by Crippen LogP contribution is 2.25. The molecule has 5 nitrogen and oxygen atoms in total. The summed E-state index contributed by atoms with van der Waals surface area (Å²) in [6.07, 6.45) is 0. The van der Waals surface area contributed by atoms with E-state index in [9.17, 15) is 0 Å². The lowest BCUT2D eigenvalue weighted by Gasteiger charge is -2.23. The molecule has 0 saturated carbocycles. The summed E-state index contributed by atoms with van der Waals surface area (Å²) in [5.74, 6) is 2.10. The molecule has 0 fully saturated rings. The summed E-state index contributed by atoms with van der Waals surface area (Å²) in [6, 6.07) is 8.14. The van der Waals surface area contributed by atoms with E-state index in [4.69, 9.17) is 4.74 Å². The predicted octanol–water partition coefficient (Wildman–Crippen LogP) is 3.27. The van der Waals surface area contributed by atoms with Gasteiger partial charge in [0, 0.05) is 31.9 Å². The number of aromatic nitrogens is 1. The van der Waals surface area contributed by atoms with E-state index < -0.39 is 0 Å². The van der Waals surface area contributed by atoms with Crippen LogP contribution in [0.15, 0.2) is 34.6 Å². The van der Waals surface area contributed by atoms with Crippen LogP contribution in [0.4, 0.5) is 0 Å². The van der Waals surface area contributed by atoms with Crippen LogP contribution in [0.2, 0.25) is 0 Å². The van der Waals surface area contributed by atoms with Crippen LogP contribution in [0.3, 0.4) is 0 Å². The predicted molar refractivity (Wildman–Crippen MR) is 101 cm³/mol. The molecule has 0 spiro atoms. The third-order valence-corrected chi connectivity index (χ3v) is 4.70. The fraction of sp³-hybridized carbons (Fsp3) is 0.444. The van der Waals surface area contributed by atoms with Crippen molar-refractivity contribution in [3.8, 4) is 5.75 Å². The first-order chi connectivity index (χ1) is 11.5. The molecule has 1 atom stereocenters. The quantitative estimate of drug-likeness (QED) is 0.644. The van der Waals surface area contributed by atoms with E-state index >= 15 is 0 Å². The molecule has 0 aliphatic rings. The van der Waals surface area contributed by atoms with E-state index in [-0.39, 0.29) is 0 Å². The highest BCUT2D eigenvalue weighted by atomic mass is 32.1. The second kappa shape index (κ2) is 8.68. The van der Waals surface area contributed by atoms with Crippen LogP contribution >= 0.6 is 11.3 Å². The summed E-state index contributed by atoms with van der Waals surface area (Å²) in [7, 11) is 5.54. The van der Waals surface area contributed by atoms with Gasteiger partial charge >= 0.3 is 0 Å². The summed E-state index contributed by atoms with van der Waals surface area (Å²) in [4.78, 5) is 11.0. The minimum Gasteiger partial charge on any atom is -0.496 e. The Morgan fingerprint density at radius 3 is 2.79 bits per heavy atom. The molecule has 0 bridgehead atoms. The minimum atomic E-state index is 0.313. The fourth-order valence-electron chi connectivity index (χ4n) is 2.61. The van der Waals surface area contributed by atoms with Crippen LogP contribution in [-0.4, -0.2) is 43.6 Å². The third-order valence-electron chi connectivity index (χ3n) is 3.88. The van der Waals surface area contributed by atoms with Crippen molar-refractivity contribution < 1.29 is 4.74 Å². The molecule has 2 rings (SSSR count). The second-order valence-corrected chi connectivity index (χ2v) is 6.85. The van der Waals surface area contributed by atoms with Gasteiger partial charge in [0.05, 0.1) is 24.4 Å². The zero-order valence-electron chi connectivity index (χ0n) is 15.0. The van der Waals surface area contributed by atoms with Crippen molar-refractivity contribution in [2.75, 3.05) is 27.7 Å². The van der Waals surface area contributed by atoms with Gasteiger partial charge < -0.3 is 15.0 Å². The molecule has 1 aromatic carbocycles. The van der Waals surface area contributed by atoms with E-state index in [1.54, 1.807) is 25.5 Å². The van der Waals surface area contributed by atoms with Crippen molar-refractivity contribution in [1.82, 2.24) is 15.2 Å². The van der Waals surface area contributed by atoms with Gasteiger partial charge in [-0.2, -0.15) is 0 Å². The lowest BCUT2D eigenvalue weighted by molar-refractivity contribution is 0.405. The molecular weight excluding hydrogens is 320 g/mol. The Bertz CT molecular complexity index is 683. The lowest BCUT2D eigenvalue weighted by atomic mass is 10.0. The highest BCUT2D eigenvalue weighted by molar-refractivity contribution is 7.09. The first-order valence-corrected chi connectivity index (χ1v) is 8.88. The monoisotopic (exact) mass is 346 g/mol. The van der Waals surface area contributed by atoms with Crippen LogP contribution in [-0.2, 0) is 6.54 Å². The topological polar surface area (TPSA) is 49.8 Å². The Balaban J connectivity index is 1.95. The number of nitrogens with one attached hydrogen (secondary N) is 1. The number of hydrogen-bond acceptors (Lipinski definition) is 4. The van der Waals surface area contributed by atoms with Gasteiger partial charge in [-0.1, -0.05) is 25.1 Å². The first kappa shape index (κ1) is 18.3. The summed E-state index contributed by atoms with van der Waals surface area (Å²) in [6.45, 7) is 5.73. The van der Waals surface area contributed by atoms with Gasteiger partial charge in [-0.15, -0.1) is 11.3 Å². The van der Waals surface area contributed by atoms with Gasteiger partial charge in [0.1, 0.15) is 5.75 Å². The van der Waals surface area contributed by atoms with Crippen molar-refractivity contribution in [1.29, 1.82) is 0 Å². The summed E-state index contributed by atoms with van der Waals surface area (Å²) in [5, 5.41) is 6.62. The van der Waals surface area contributed by atoms with Gasteiger partial charge in [-0.3, -0.25) is 4.99 Å². The molecule has 0 saturated heterocycles. The Hall–Kier alpha value is -2.08. The van der Waals surface area contributed by atoms with E-state index in [0.717, 1.165) is 35.5 Å². The molecular formula is C18H26N4OS. The fourth-order valence-corrected chi connectivity index (χ4v) is 3.22. The Morgan fingerprint density at radius 2 is 2.17 bits per heavy atom. The average molecular weight is 347 g/mol.